The van der Waals surface area contributed by atoms with Gasteiger partial charge in [-0.2, -0.15) is 5.10 Å². The van der Waals surface area contributed by atoms with Gasteiger partial charge in [0.2, 0.25) is 0 Å². The molecule has 2 rings (SSSR count). The molecular formula is C13H14N2O3. The molecule has 5 nitrogen and oxygen atoms in total. The van der Waals surface area contributed by atoms with E-state index in [9.17, 15) is 4.79 Å². The van der Waals surface area contributed by atoms with Gasteiger partial charge in [0.05, 0.1) is 13.3 Å². The van der Waals surface area contributed by atoms with Crippen LogP contribution in [0.15, 0.2) is 30.5 Å². The van der Waals surface area contributed by atoms with Crippen LogP contribution in [0, 0.1) is 6.92 Å². The highest BCUT2D eigenvalue weighted by molar-refractivity contribution is 5.69. The number of hydrogen-bond donors (Lipinski definition) is 1. The molecule has 1 aromatic carbocycles. The molecule has 0 amide bonds. The maximum Gasteiger partial charge on any atom is 0.325 e. The SMILES string of the molecule is COc1cccc(-c2cnn(CC(=O)O)c2C)c1. The van der Waals surface area contributed by atoms with Crippen LogP contribution in [0.5, 0.6) is 5.75 Å². The van der Waals surface area contributed by atoms with Crippen molar-refractivity contribution in [2.45, 2.75) is 13.5 Å². The van der Waals surface area contributed by atoms with Crippen LogP contribution in [0.3, 0.4) is 0 Å². The summed E-state index contributed by atoms with van der Waals surface area (Å²) in [5.41, 5.74) is 2.70. The van der Waals surface area contributed by atoms with E-state index in [0.29, 0.717) is 0 Å². The molecule has 0 bridgehead atoms. The second-order valence-corrected chi connectivity index (χ2v) is 3.93. The second-order valence-electron chi connectivity index (χ2n) is 3.93. The number of aliphatic carboxylic acids is 1. The van der Waals surface area contributed by atoms with Gasteiger partial charge < -0.3 is 9.84 Å². The van der Waals surface area contributed by atoms with Crippen molar-refractivity contribution < 1.29 is 14.6 Å². The van der Waals surface area contributed by atoms with Gasteiger partial charge in [0.25, 0.3) is 0 Å². The van der Waals surface area contributed by atoms with Gasteiger partial charge in [0, 0.05) is 11.3 Å². The summed E-state index contributed by atoms with van der Waals surface area (Å²) in [5.74, 6) is -0.142. The minimum Gasteiger partial charge on any atom is -0.497 e. The van der Waals surface area contributed by atoms with Crippen LogP contribution in [-0.4, -0.2) is 28.0 Å². The summed E-state index contributed by atoms with van der Waals surface area (Å²) in [7, 11) is 1.61. The maximum absolute atomic E-state index is 10.7. The fourth-order valence-electron chi connectivity index (χ4n) is 1.81. The molecule has 1 N–H and O–H groups in total. The molecule has 0 aliphatic heterocycles. The number of benzene rings is 1. The summed E-state index contributed by atoms with van der Waals surface area (Å²) in [6, 6.07) is 7.59. The topological polar surface area (TPSA) is 64.4 Å². The number of aromatic nitrogens is 2. The number of carboxylic acids is 1. The normalized spacial score (nSPS) is 10.3. The molecule has 94 valence electrons. The van der Waals surface area contributed by atoms with Crippen molar-refractivity contribution in [2.75, 3.05) is 7.11 Å². The summed E-state index contributed by atoms with van der Waals surface area (Å²) in [5, 5.41) is 12.9. The third kappa shape index (κ3) is 2.34. The molecule has 1 heterocycles. The van der Waals surface area contributed by atoms with E-state index < -0.39 is 5.97 Å². The highest BCUT2D eigenvalue weighted by Crippen LogP contribution is 2.26. The lowest BCUT2D eigenvalue weighted by molar-refractivity contribution is -0.137. The molecule has 0 aliphatic rings. The molecule has 2 aromatic rings. The molecule has 5 heteroatoms. The molecule has 0 radical (unpaired) electrons. The Balaban J connectivity index is 2.38. The zero-order valence-corrected chi connectivity index (χ0v) is 10.3. The minimum absolute atomic E-state index is 0.129. The van der Waals surface area contributed by atoms with Crippen LogP contribution in [0.25, 0.3) is 11.1 Å². The van der Waals surface area contributed by atoms with Crippen molar-refractivity contribution in [1.29, 1.82) is 0 Å². The zero-order valence-electron chi connectivity index (χ0n) is 10.3. The number of carboxylic acid groups (broad SMARTS) is 1. The van der Waals surface area contributed by atoms with Gasteiger partial charge >= 0.3 is 5.97 Å². The number of nitrogens with zero attached hydrogens (tertiary/aromatic N) is 2. The van der Waals surface area contributed by atoms with E-state index >= 15 is 0 Å². The Morgan fingerprint density at radius 3 is 2.94 bits per heavy atom. The number of ether oxygens (including phenoxy) is 1. The number of hydrogen-bond acceptors (Lipinski definition) is 3. The molecule has 0 spiro atoms. The van der Waals surface area contributed by atoms with E-state index in [1.807, 2.05) is 31.2 Å². The van der Waals surface area contributed by atoms with E-state index in [4.69, 9.17) is 9.84 Å². The van der Waals surface area contributed by atoms with E-state index in [1.54, 1.807) is 13.3 Å². The molecule has 0 aliphatic carbocycles. The summed E-state index contributed by atoms with van der Waals surface area (Å²) < 4.78 is 6.64. The fraction of sp³-hybridized carbons (Fsp3) is 0.231. The van der Waals surface area contributed by atoms with Gasteiger partial charge in [0.1, 0.15) is 12.3 Å². The smallest absolute Gasteiger partial charge is 0.325 e. The van der Waals surface area contributed by atoms with Crippen molar-refractivity contribution in [3.05, 3.63) is 36.2 Å². The standard InChI is InChI=1S/C13H14N2O3/c1-9-12(7-14-15(9)8-13(16)17)10-4-3-5-11(6-10)18-2/h3-7H,8H2,1-2H3,(H,16,17). The van der Waals surface area contributed by atoms with Gasteiger partial charge in [-0.15, -0.1) is 0 Å². The first kappa shape index (κ1) is 12.2. The highest BCUT2D eigenvalue weighted by atomic mass is 16.5. The minimum atomic E-state index is -0.904. The summed E-state index contributed by atoms with van der Waals surface area (Å²) in [6.07, 6.45) is 1.67. The summed E-state index contributed by atoms with van der Waals surface area (Å²) in [6.45, 7) is 1.72. The van der Waals surface area contributed by atoms with Crippen molar-refractivity contribution in [3.8, 4) is 16.9 Å². The predicted molar refractivity (Wildman–Crippen MR) is 66.6 cm³/mol. The van der Waals surface area contributed by atoms with Crippen molar-refractivity contribution in [2.24, 2.45) is 0 Å². The van der Waals surface area contributed by atoms with E-state index in [1.165, 1.54) is 4.68 Å². The van der Waals surface area contributed by atoms with Crippen LogP contribution in [0.2, 0.25) is 0 Å². The molecule has 0 saturated carbocycles. The third-order valence-corrected chi connectivity index (χ3v) is 2.77. The largest absolute Gasteiger partial charge is 0.497 e. The zero-order chi connectivity index (χ0) is 13.1. The summed E-state index contributed by atoms with van der Waals surface area (Å²) >= 11 is 0. The quantitative estimate of drug-likeness (QED) is 0.895. The van der Waals surface area contributed by atoms with E-state index in [-0.39, 0.29) is 6.54 Å². The molecule has 0 saturated heterocycles. The van der Waals surface area contributed by atoms with Crippen LogP contribution in [0.1, 0.15) is 5.69 Å². The van der Waals surface area contributed by atoms with Gasteiger partial charge in [-0.05, 0) is 24.6 Å². The Morgan fingerprint density at radius 2 is 2.28 bits per heavy atom. The van der Waals surface area contributed by atoms with E-state index in [2.05, 4.69) is 5.10 Å². The van der Waals surface area contributed by atoms with Gasteiger partial charge in [-0.1, -0.05) is 12.1 Å². The molecule has 0 atom stereocenters. The van der Waals surface area contributed by atoms with Crippen LogP contribution in [-0.2, 0) is 11.3 Å². The Kier molecular flexibility index (Phi) is 3.32. The summed E-state index contributed by atoms with van der Waals surface area (Å²) in [4.78, 5) is 10.7. The first-order valence-corrected chi connectivity index (χ1v) is 5.50. The van der Waals surface area contributed by atoms with Crippen molar-refractivity contribution >= 4 is 5.97 Å². The Morgan fingerprint density at radius 1 is 1.50 bits per heavy atom. The van der Waals surface area contributed by atoms with Gasteiger partial charge in [-0.3, -0.25) is 9.48 Å². The second kappa shape index (κ2) is 4.91. The Bertz CT molecular complexity index is 575. The number of methoxy groups -OCH3 is 1. The van der Waals surface area contributed by atoms with Gasteiger partial charge in [0.15, 0.2) is 0 Å². The molecule has 1 aromatic heterocycles. The third-order valence-electron chi connectivity index (χ3n) is 2.77. The number of carbonyl (C=O) groups is 1. The average molecular weight is 246 g/mol. The predicted octanol–water partition coefficient (Wildman–Crippen LogP) is 1.95. The van der Waals surface area contributed by atoms with Crippen molar-refractivity contribution in [1.82, 2.24) is 9.78 Å². The average Bonchev–Trinajstić information content (AvgIpc) is 2.70. The molecule has 0 unspecified atom stereocenters. The molecular weight excluding hydrogens is 232 g/mol. The molecule has 18 heavy (non-hydrogen) atoms. The highest BCUT2D eigenvalue weighted by Gasteiger charge is 2.11. The van der Waals surface area contributed by atoms with Gasteiger partial charge in [-0.25, -0.2) is 0 Å². The number of rotatable bonds is 4. The first-order chi connectivity index (χ1) is 8.61. The fourth-order valence-corrected chi connectivity index (χ4v) is 1.81. The Labute approximate surface area is 105 Å². The lowest BCUT2D eigenvalue weighted by Crippen LogP contribution is -2.11. The lowest BCUT2D eigenvalue weighted by Gasteiger charge is -2.05. The van der Waals surface area contributed by atoms with Crippen LogP contribution in [0.4, 0.5) is 0 Å². The van der Waals surface area contributed by atoms with E-state index in [0.717, 1.165) is 22.6 Å². The van der Waals surface area contributed by atoms with Crippen LogP contribution < -0.4 is 4.74 Å². The molecule has 0 fully saturated rings. The maximum atomic E-state index is 10.7. The van der Waals surface area contributed by atoms with Crippen molar-refractivity contribution in [3.63, 3.8) is 0 Å². The Hall–Kier alpha value is -2.30. The monoisotopic (exact) mass is 246 g/mol. The first-order valence-electron chi connectivity index (χ1n) is 5.50. The van der Waals surface area contributed by atoms with Crippen LogP contribution >= 0.6 is 0 Å². The lowest BCUT2D eigenvalue weighted by atomic mass is 10.1.